The minimum absolute atomic E-state index is 0. The fourth-order valence-electron chi connectivity index (χ4n) is 2.72. The fraction of sp³-hybridized carbons (Fsp3) is 0.778. The van der Waals surface area contributed by atoms with Crippen molar-refractivity contribution in [2.24, 2.45) is 0 Å². The van der Waals surface area contributed by atoms with Crippen LogP contribution in [0.5, 0.6) is 0 Å². The number of unbranched alkanes of at least 4 members (excludes halogenated alkanes) is 9. The number of hydrogen-bond acceptors (Lipinski definition) is 1. The fourth-order valence-corrected chi connectivity index (χ4v) is 2.72. The molecule has 0 aliphatic heterocycles. The molecule has 0 radical (unpaired) electrons. The molecule has 1 aromatic heterocycles. The van der Waals surface area contributed by atoms with E-state index in [4.69, 9.17) is 4.42 Å². The van der Waals surface area contributed by atoms with Gasteiger partial charge in [-0.05, 0) is 18.9 Å². The first-order valence-corrected chi connectivity index (χ1v) is 8.54. The van der Waals surface area contributed by atoms with Crippen molar-refractivity contribution in [3.8, 4) is 0 Å². The van der Waals surface area contributed by atoms with Crippen LogP contribution >= 0.6 is 0 Å². The molecule has 0 atom stereocenters. The van der Waals surface area contributed by atoms with Crippen LogP contribution in [0.15, 0.2) is 22.8 Å². The second-order valence-electron chi connectivity index (χ2n) is 6.54. The number of rotatable bonds is 12. The summed E-state index contributed by atoms with van der Waals surface area (Å²) in [6.45, 7) is 3.45. The van der Waals surface area contributed by atoms with Gasteiger partial charge in [0.1, 0.15) is 0 Å². The molecular formula is C18H34FNO. The van der Waals surface area contributed by atoms with Crippen molar-refractivity contribution in [2.75, 3.05) is 20.6 Å². The zero-order chi connectivity index (χ0) is 14.7. The second-order valence-corrected chi connectivity index (χ2v) is 6.54. The molecule has 0 aliphatic rings. The Kier molecular flexibility index (Phi) is 11.3. The summed E-state index contributed by atoms with van der Waals surface area (Å²) in [4.78, 5) is 0. The standard InChI is InChI=1S/C18H34NO.FH/c1-4-5-6-7-8-9-10-11-12-13-16-19(2,3)18-15-14-17-20-18;/h14-15,17H,4-13,16H2,1-3H3;1H/q+1;/p-1. The third-order valence-electron chi connectivity index (χ3n) is 4.17. The smallest absolute Gasteiger partial charge is 0.296 e. The molecule has 0 bridgehead atoms. The largest absolute Gasteiger partial charge is 1.00 e. The lowest BCUT2D eigenvalue weighted by atomic mass is 10.1. The van der Waals surface area contributed by atoms with Crippen molar-refractivity contribution >= 4 is 5.88 Å². The lowest BCUT2D eigenvalue weighted by molar-refractivity contribution is -0.00000490. The van der Waals surface area contributed by atoms with Gasteiger partial charge in [-0.25, -0.2) is 0 Å². The second kappa shape index (κ2) is 11.8. The molecular weight excluding hydrogens is 265 g/mol. The highest BCUT2D eigenvalue weighted by Crippen LogP contribution is 2.20. The molecule has 3 heteroatoms. The summed E-state index contributed by atoms with van der Waals surface area (Å²) in [6, 6.07) is 4.06. The van der Waals surface area contributed by atoms with Crippen molar-refractivity contribution in [1.29, 1.82) is 0 Å². The first kappa shape index (κ1) is 20.2. The summed E-state index contributed by atoms with van der Waals surface area (Å²) < 4.78 is 6.38. The van der Waals surface area contributed by atoms with Crippen molar-refractivity contribution in [3.05, 3.63) is 18.4 Å². The number of hydrogen-bond donors (Lipinski definition) is 0. The molecule has 1 heterocycles. The monoisotopic (exact) mass is 299 g/mol. The van der Waals surface area contributed by atoms with Crippen LogP contribution < -0.4 is 9.19 Å². The van der Waals surface area contributed by atoms with E-state index >= 15 is 0 Å². The Morgan fingerprint density at radius 2 is 1.38 bits per heavy atom. The Morgan fingerprint density at radius 1 is 0.857 bits per heavy atom. The lowest BCUT2D eigenvalue weighted by Crippen LogP contribution is -3.00. The summed E-state index contributed by atoms with van der Waals surface area (Å²) >= 11 is 0. The van der Waals surface area contributed by atoms with E-state index in [0.29, 0.717) is 0 Å². The highest BCUT2D eigenvalue weighted by molar-refractivity contribution is 5.28. The predicted molar refractivity (Wildman–Crippen MR) is 89.1 cm³/mol. The molecule has 2 nitrogen and oxygen atoms in total. The van der Waals surface area contributed by atoms with E-state index < -0.39 is 0 Å². The Balaban J connectivity index is 0.00000400. The maximum absolute atomic E-state index is 5.51. The first-order valence-electron chi connectivity index (χ1n) is 8.54. The van der Waals surface area contributed by atoms with Gasteiger partial charge in [0.15, 0.2) is 0 Å². The van der Waals surface area contributed by atoms with E-state index in [1.165, 1.54) is 70.8 Å². The number of furan rings is 1. The van der Waals surface area contributed by atoms with Crippen LogP contribution in [0.3, 0.4) is 0 Å². The van der Waals surface area contributed by atoms with Crippen molar-refractivity contribution in [3.63, 3.8) is 0 Å². The van der Waals surface area contributed by atoms with Gasteiger partial charge in [-0.2, -0.15) is 0 Å². The molecule has 0 amide bonds. The third-order valence-corrected chi connectivity index (χ3v) is 4.17. The summed E-state index contributed by atoms with van der Waals surface area (Å²) in [5, 5.41) is 0. The molecule has 0 N–H and O–H groups in total. The number of quaternary nitrogens is 1. The average Bonchev–Trinajstić information content (AvgIpc) is 2.96. The van der Waals surface area contributed by atoms with Crippen LogP contribution in [0.25, 0.3) is 0 Å². The molecule has 0 spiro atoms. The van der Waals surface area contributed by atoms with Crippen LogP contribution in [-0.2, 0) is 0 Å². The maximum atomic E-state index is 5.51. The van der Waals surface area contributed by atoms with Gasteiger partial charge >= 0.3 is 0 Å². The average molecular weight is 299 g/mol. The van der Waals surface area contributed by atoms with Gasteiger partial charge in [0.25, 0.3) is 5.88 Å². The van der Waals surface area contributed by atoms with E-state index in [9.17, 15) is 0 Å². The Hall–Kier alpha value is -0.830. The quantitative estimate of drug-likeness (QED) is 0.427. The predicted octanol–water partition coefficient (Wildman–Crippen LogP) is 2.77. The molecule has 1 rings (SSSR count). The molecule has 124 valence electrons. The minimum atomic E-state index is 0. The van der Waals surface area contributed by atoms with Crippen LogP contribution in [-0.4, -0.2) is 20.6 Å². The summed E-state index contributed by atoms with van der Waals surface area (Å²) in [5.74, 6) is 1.07. The van der Waals surface area contributed by atoms with E-state index in [1.54, 1.807) is 6.26 Å². The molecule has 0 unspecified atom stereocenters. The van der Waals surface area contributed by atoms with Crippen molar-refractivity contribution in [2.45, 2.75) is 71.1 Å². The molecule has 0 saturated heterocycles. The Labute approximate surface area is 130 Å². The van der Waals surface area contributed by atoms with Crippen molar-refractivity contribution < 1.29 is 9.12 Å². The molecule has 21 heavy (non-hydrogen) atoms. The van der Waals surface area contributed by atoms with Gasteiger partial charge in [0.2, 0.25) is 0 Å². The van der Waals surface area contributed by atoms with E-state index in [0.717, 1.165) is 10.4 Å². The van der Waals surface area contributed by atoms with Crippen LogP contribution in [0.2, 0.25) is 0 Å². The van der Waals surface area contributed by atoms with Gasteiger partial charge in [0.05, 0.1) is 26.9 Å². The van der Waals surface area contributed by atoms with Gasteiger partial charge in [-0.1, -0.05) is 58.3 Å². The minimum Gasteiger partial charge on any atom is -1.00 e. The van der Waals surface area contributed by atoms with Crippen LogP contribution in [0.1, 0.15) is 71.1 Å². The van der Waals surface area contributed by atoms with Gasteiger partial charge < -0.3 is 9.12 Å². The molecule has 0 aromatic carbocycles. The van der Waals surface area contributed by atoms with Gasteiger partial charge in [-0.15, -0.1) is 0 Å². The van der Waals surface area contributed by atoms with Gasteiger partial charge in [-0.3, -0.25) is 4.48 Å². The highest BCUT2D eigenvalue weighted by Gasteiger charge is 2.20. The number of nitrogens with zero attached hydrogens (tertiary/aromatic N) is 1. The normalized spacial score (nSPS) is 11.4. The van der Waals surface area contributed by atoms with E-state index in [-0.39, 0.29) is 4.70 Å². The molecule has 1 aromatic rings. The third kappa shape index (κ3) is 8.92. The van der Waals surface area contributed by atoms with Crippen molar-refractivity contribution in [1.82, 2.24) is 4.48 Å². The first-order chi connectivity index (χ1) is 9.67. The molecule has 0 fully saturated rings. The summed E-state index contributed by atoms with van der Waals surface area (Å²) in [7, 11) is 4.46. The number of halogens is 1. The maximum Gasteiger partial charge on any atom is 0.296 e. The van der Waals surface area contributed by atoms with E-state index in [1.807, 2.05) is 6.07 Å². The Morgan fingerprint density at radius 3 is 1.86 bits per heavy atom. The van der Waals surface area contributed by atoms with Gasteiger partial charge in [0, 0.05) is 6.07 Å². The summed E-state index contributed by atoms with van der Waals surface area (Å²) in [5.41, 5.74) is 0. The zero-order valence-corrected chi connectivity index (χ0v) is 14.2. The summed E-state index contributed by atoms with van der Waals surface area (Å²) in [6.07, 6.45) is 15.8. The lowest BCUT2D eigenvalue weighted by Gasteiger charge is -2.25. The van der Waals surface area contributed by atoms with Crippen LogP contribution in [0.4, 0.5) is 5.88 Å². The highest BCUT2D eigenvalue weighted by atomic mass is 19.0. The van der Waals surface area contributed by atoms with Crippen LogP contribution in [0, 0.1) is 0 Å². The zero-order valence-electron chi connectivity index (χ0n) is 14.2. The van der Waals surface area contributed by atoms with E-state index in [2.05, 4.69) is 27.1 Å². The SMILES string of the molecule is CCCCCCCCCCCC[N+](C)(C)c1ccco1.[F-]. The molecule has 0 saturated carbocycles. The Bertz CT molecular complexity index is 322. The molecule has 0 aliphatic carbocycles. The topological polar surface area (TPSA) is 13.1 Å².